The summed E-state index contributed by atoms with van der Waals surface area (Å²) in [5.41, 5.74) is 7.18. The smallest absolute Gasteiger partial charge is 0.132 e. The molecule has 1 aliphatic rings. The van der Waals surface area contributed by atoms with Gasteiger partial charge in [-0.1, -0.05) is 50.6 Å². The molecule has 0 aliphatic carbocycles. The van der Waals surface area contributed by atoms with Crippen molar-refractivity contribution in [3.8, 4) is 5.75 Å². The highest BCUT2D eigenvalue weighted by atomic mass is 35.5. The molecule has 0 atom stereocenters. The van der Waals surface area contributed by atoms with E-state index in [1.54, 1.807) is 0 Å². The molecule has 3 aromatic carbocycles. The quantitative estimate of drug-likeness (QED) is 0.304. The molecule has 0 fully saturated rings. The fraction of sp³-hybridized carbons (Fsp3) is 0.310. The lowest BCUT2D eigenvalue weighted by Crippen LogP contribution is -2.28. The summed E-state index contributed by atoms with van der Waals surface area (Å²) in [4.78, 5) is 0. The zero-order chi connectivity index (χ0) is 22.8. The van der Waals surface area contributed by atoms with Crippen LogP contribution in [0.4, 0.5) is 0 Å². The van der Waals surface area contributed by atoms with Crippen molar-refractivity contribution in [1.29, 1.82) is 0 Å². The minimum atomic E-state index is -0.308. The lowest BCUT2D eigenvalue weighted by Gasteiger charge is -2.29. The molecule has 1 aromatic heterocycles. The molecule has 1 aliphatic heterocycles. The number of aryl methyl sites for hydroxylation is 1. The molecule has 0 N–H and O–H groups in total. The van der Waals surface area contributed by atoms with Crippen LogP contribution in [-0.4, -0.2) is 10.2 Å². The van der Waals surface area contributed by atoms with Gasteiger partial charge in [-0.05, 0) is 85.4 Å². The molecule has 164 valence electrons. The first-order valence-electron chi connectivity index (χ1n) is 11.3. The van der Waals surface area contributed by atoms with E-state index in [0.29, 0.717) is 0 Å². The number of fused-ring (bicyclic) bond motifs is 5. The molecule has 5 rings (SSSR count). The van der Waals surface area contributed by atoms with Crippen LogP contribution in [0.1, 0.15) is 56.9 Å². The molecule has 4 aromatic rings. The van der Waals surface area contributed by atoms with Gasteiger partial charge in [0.05, 0.1) is 5.52 Å². The van der Waals surface area contributed by atoms with Gasteiger partial charge in [0.15, 0.2) is 0 Å². The number of aromatic nitrogens is 1. The molecule has 0 spiro atoms. The Balaban J connectivity index is 1.85. The number of ether oxygens (including phenoxy) is 1. The summed E-state index contributed by atoms with van der Waals surface area (Å²) in [5.74, 6) is 0.987. The standard InChI is InChI=1S/C29H30ClNO/c1-18-15-24-23-16-20(28(2,3)4)9-12-25(23)31(17-19-7-10-21(30)11-8-19)26(24)22-13-14-29(5,6)32-27(18)22/h7-16H,17H2,1-6H3. The lowest BCUT2D eigenvalue weighted by molar-refractivity contribution is 0.158. The van der Waals surface area contributed by atoms with Gasteiger partial charge in [-0.25, -0.2) is 0 Å². The normalized spacial score (nSPS) is 15.2. The second-order valence-electron chi connectivity index (χ2n) is 10.6. The average Bonchev–Trinajstić information content (AvgIpc) is 3.01. The third-order valence-corrected chi connectivity index (χ3v) is 6.71. The summed E-state index contributed by atoms with van der Waals surface area (Å²) in [7, 11) is 0. The van der Waals surface area contributed by atoms with E-state index in [1.807, 2.05) is 12.1 Å². The topological polar surface area (TPSA) is 14.2 Å². The predicted molar refractivity (Wildman–Crippen MR) is 137 cm³/mol. The molecule has 0 amide bonds. The van der Waals surface area contributed by atoms with Crippen LogP contribution in [0, 0.1) is 6.92 Å². The van der Waals surface area contributed by atoms with Crippen molar-refractivity contribution in [3.63, 3.8) is 0 Å². The van der Waals surface area contributed by atoms with Crippen molar-refractivity contribution in [2.45, 2.75) is 59.1 Å². The van der Waals surface area contributed by atoms with Crippen LogP contribution < -0.4 is 4.74 Å². The summed E-state index contributed by atoms with van der Waals surface area (Å²) in [5, 5.41) is 3.34. The fourth-order valence-electron chi connectivity index (χ4n) is 4.69. The Bertz CT molecular complexity index is 1380. The van der Waals surface area contributed by atoms with E-state index in [2.05, 4.69) is 94.7 Å². The van der Waals surface area contributed by atoms with Gasteiger partial charge in [0, 0.05) is 33.4 Å². The molecule has 3 heteroatoms. The number of halogens is 1. The number of hydrogen-bond donors (Lipinski definition) is 0. The van der Waals surface area contributed by atoms with Gasteiger partial charge in [0.2, 0.25) is 0 Å². The second-order valence-corrected chi connectivity index (χ2v) is 11.0. The minimum Gasteiger partial charge on any atom is -0.483 e. The first-order chi connectivity index (χ1) is 15.0. The molecular weight excluding hydrogens is 414 g/mol. The largest absolute Gasteiger partial charge is 0.483 e. The van der Waals surface area contributed by atoms with Crippen molar-refractivity contribution in [1.82, 2.24) is 4.57 Å². The number of hydrogen-bond acceptors (Lipinski definition) is 1. The second kappa shape index (κ2) is 7.15. The highest BCUT2D eigenvalue weighted by molar-refractivity contribution is 6.30. The maximum absolute atomic E-state index is 6.44. The summed E-state index contributed by atoms with van der Waals surface area (Å²) in [6.07, 6.45) is 4.41. The van der Waals surface area contributed by atoms with E-state index < -0.39 is 0 Å². The van der Waals surface area contributed by atoms with Crippen LogP contribution >= 0.6 is 11.6 Å². The molecule has 0 saturated carbocycles. The summed E-state index contributed by atoms with van der Waals surface area (Å²) in [6, 6.07) is 17.4. The molecule has 2 heterocycles. The Hall–Kier alpha value is -2.71. The maximum Gasteiger partial charge on any atom is 0.132 e. The minimum absolute atomic E-state index is 0.0923. The van der Waals surface area contributed by atoms with E-state index in [9.17, 15) is 0 Å². The first kappa shape index (κ1) is 21.2. The van der Waals surface area contributed by atoms with Crippen LogP contribution in [0.3, 0.4) is 0 Å². The molecule has 0 bridgehead atoms. The van der Waals surface area contributed by atoms with Crippen LogP contribution in [-0.2, 0) is 12.0 Å². The summed E-state index contributed by atoms with van der Waals surface area (Å²) < 4.78 is 8.87. The average molecular weight is 444 g/mol. The van der Waals surface area contributed by atoms with Gasteiger partial charge in [-0.2, -0.15) is 0 Å². The third-order valence-electron chi connectivity index (χ3n) is 6.46. The number of rotatable bonds is 2. The molecule has 2 nitrogen and oxygen atoms in total. The highest BCUT2D eigenvalue weighted by Crippen LogP contribution is 2.43. The number of benzene rings is 3. The van der Waals surface area contributed by atoms with E-state index in [0.717, 1.165) is 17.3 Å². The molecule has 32 heavy (non-hydrogen) atoms. The van der Waals surface area contributed by atoms with Crippen molar-refractivity contribution in [2.75, 3.05) is 0 Å². The van der Waals surface area contributed by atoms with E-state index in [4.69, 9.17) is 16.3 Å². The van der Waals surface area contributed by atoms with Gasteiger partial charge < -0.3 is 9.30 Å². The predicted octanol–water partition coefficient (Wildman–Crippen LogP) is 8.29. The van der Waals surface area contributed by atoms with Crippen molar-refractivity contribution in [2.24, 2.45) is 0 Å². The van der Waals surface area contributed by atoms with Crippen molar-refractivity contribution < 1.29 is 4.74 Å². The van der Waals surface area contributed by atoms with Crippen molar-refractivity contribution in [3.05, 3.63) is 81.9 Å². The van der Waals surface area contributed by atoms with Crippen LogP contribution in [0.15, 0.2) is 54.6 Å². The third kappa shape index (κ3) is 3.51. The molecule has 0 unspecified atom stereocenters. The molecular formula is C29H30ClNO. The van der Waals surface area contributed by atoms with Crippen molar-refractivity contribution >= 4 is 39.5 Å². The Morgan fingerprint density at radius 2 is 1.69 bits per heavy atom. The van der Waals surface area contributed by atoms with E-state index >= 15 is 0 Å². The highest BCUT2D eigenvalue weighted by Gasteiger charge is 2.27. The van der Waals surface area contributed by atoms with Gasteiger partial charge >= 0.3 is 0 Å². The Morgan fingerprint density at radius 1 is 0.969 bits per heavy atom. The summed E-state index contributed by atoms with van der Waals surface area (Å²) >= 11 is 6.15. The molecule has 0 radical (unpaired) electrons. The number of nitrogens with zero attached hydrogens (tertiary/aromatic N) is 1. The lowest BCUT2D eigenvalue weighted by atomic mass is 9.86. The summed E-state index contributed by atoms with van der Waals surface area (Å²) in [6.45, 7) is 14.0. The Morgan fingerprint density at radius 3 is 2.38 bits per heavy atom. The zero-order valence-corrected chi connectivity index (χ0v) is 20.5. The Labute approximate surface area is 195 Å². The van der Waals surface area contributed by atoms with Gasteiger partial charge in [-0.3, -0.25) is 0 Å². The zero-order valence-electron chi connectivity index (χ0n) is 19.7. The van der Waals surface area contributed by atoms with Crippen LogP contribution in [0.2, 0.25) is 5.02 Å². The van der Waals surface area contributed by atoms with Gasteiger partial charge in [0.25, 0.3) is 0 Å². The van der Waals surface area contributed by atoms with E-state index in [1.165, 1.54) is 44.1 Å². The van der Waals surface area contributed by atoms with Gasteiger partial charge in [0.1, 0.15) is 11.4 Å². The molecule has 0 saturated heterocycles. The van der Waals surface area contributed by atoms with Gasteiger partial charge in [-0.15, -0.1) is 0 Å². The fourth-order valence-corrected chi connectivity index (χ4v) is 4.82. The van der Waals surface area contributed by atoms with Crippen LogP contribution in [0.25, 0.3) is 27.9 Å². The Kier molecular flexibility index (Phi) is 4.73. The maximum atomic E-state index is 6.44. The van der Waals surface area contributed by atoms with Crippen LogP contribution in [0.5, 0.6) is 5.75 Å². The SMILES string of the molecule is Cc1cc2c3cc(C(C)(C)C)ccc3n(Cc3ccc(Cl)cc3)c2c2c1OC(C)(C)C=C2. The first-order valence-corrected chi connectivity index (χ1v) is 11.6. The monoisotopic (exact) mass is 443 g/mol. The van der Waals surface area contributed by atoms with E-state index in [-0.39, 0.29) is 11.0 Å².